The van der Waals surface area contributed by atoms with Gasteiger partial charge in [-0.25, -0.2) is 4.98 Å². The van der Waals surface area contributed by atoms with Gasteiger partial charge in [-0.3, -0.25) is 4.79 Å². The number of aromatic nitrogens is 2. The standard InChI is InChI=1S/C11H11N3O2/c12-6-8-2-1-3-9(4-8)16-11-5-10(15)13-7-14-11/h1-5,7H,6,12H2,(H,13,14,15). The Morgan fingerprint density at radius 2 is 2.25 bits per heavy atom. The Balaban J connectivity index is 2.23. The average Bonchev–Trinajstić information content (AvgIpc) is 2.29. The smallest absolute Gasteiger partial charge is 0.254 e. The first-order valence-electron chi connectivity index (χ1n) is 4.79. The van der Waals surface area contributed by atoms with Crippen molar-refractivity contribution < 1.29 is 4.74 Å². The van der Waals surface area contributed by atoms with E-state index in [1.54, 1.807) is 6.07 Å². The molecule has 0 amide bonds. The molecule has 0 saturated heterocycles. The largest absolute Gasteiger partial charge is 0.439 e. The molecule has 0 saturated carbocycles. The fourth-order valence-corrected chi connectivity index (χ4v) is 1.26. The van der Waals surface area contributed by atoms with Gasteiger partial charge >= 0.3 is 0 Å². The van der Waals surface area contributed by atoms with Crippen molar-refractivity contribution in [3.63, 3.8) is 0 Å². The highest BCUT2D eigenvalue weighted by Crippen LogP contribution is 2.18. The molecule has 16 heavy (non-hydrogen) atoms. The predicted octanol–water partition coefficient (Wildman–Crippen LogP) is 1.02. The lowest BCUT2D eigenvalue weighted by molar-refractivity contribution is 0.460. The molecule has 0 bridgehead atoms. The summed E-state index contributed by atoms with van der Waals surface area (Å²) in [6.07, 6.45) is 1.30. The summed E-state index contributed by atoms with van der Waals surface area (Å²) in [5.74, 6) is 0.874. The summed E-state index contributed by atoms with van der Waals surface area (Å²) in [5.41, 5.74) is 6.22. The molecule has 0 radical (unpaired) electrons. The molecule has 0 aliphatic rings. The third-order valence-electron chi connectivity index (χ3n) is 2.01. The van der Waals surface area contributed by atoms with Gasteiger partial charge in [0.1, 0.15) is 5.75 Å². The normalized spacial score (nSPS) is 10.1. The van der Waals surface area contributed by atoms with Crippen LogP contribution in [0.1, 0.15) is 5.56 Å². The van der Waals surface area contributed by atoms with Crippen LogP contribution in [0, 0.1) is 0 Å². The van der Waals surface area contributed by atoms with Crippen LogP contribution in [0.15, 0.2) is 41.5 Å². The van der Waals surface area contributed by atoms with E-state index in [4.69, 9.17) is 10.5 Å². The number of nitrogens with one attached hydrogen (secondary N) is 1. The zero-order valence-electron chi connectivity index (χ0n) is 8.51. The van der Waals surface area contributed by atoms with Gasteiger partial charge in [0, 0.05) is 6.54 Å². The molecule has 0 unspecified atom stereocenters. The van der Waals surface area contributed by atoms with Crippen molar-refractivity contribution >= 4 is 0 Å². The molecule has 2 rings (SSSR count). The van der Waals surface area contributed by atoms with E-state index in [1.807, 2.05) is 18.2 Å². The van der Waals surface area contributed by atoms with E-state index in [0.29, 0.717) is 12.3 Å². The molecule has 0 fully saturated rings. The maximum absolute atomic E-state index is 11.0. The third-order valence-corrected chi connectivity index (χ3v) is 2.01. The summed E-state index contributed by atoms with van der Waals surface area (Å²) in [4.78, 5) is 17.3. The van der Waals surface area contributed by atoms with Gasteiger partial charge in [0.2, 0.25) is 5.88 Å². The van der Waals surface area contributed by atoms with Crippen molar-refractivity contribution in [1.82, 2.24) is 9.97 Å². The lowest BCUT2D eigenvalue weighted by atomic mass is 10.2. The molecule has 0 aliphatic carbocycles. The molecule has 0 spiro atoms. The minimum atomic E-state index is -0.250. The van der Waals surface area contributed by atoms with Crippen molar-refractivity contribution in [3.05, 3.63) is 52.6 Å². The Morgan fingerprint density at radius 3 is 3.00 bits per heavy atom. The number of H-pyrrole nitrogens is 1. The van der Waals surface area contributed by atoms with Gasteiger partial charge in [0.15, 0.2) is 0 Å². The van der Waals surface area contributed by atoms with Crippen LogP contribution < -0.4 is 16.0 Å². The second kappa shape index (κ2) is 4.59. The van der Waals surface area contributed by atoms with E-state index in [9.17, 15) is 4.79 Å². The average molecular weight is 217 g/mol. The van der Waals surface area contributed by atoms with Gasteiger partial charge in [0.05, 0.1) is 12.4 Å². The molecule has 1 aromatic carbocycles. The molecule has 5 nitrogen and oxygen atoms in total. The Labute approximate surface area is 91.9 Å². The lowest BCUT2D eigenvalue weighted by Gasteiger charge is -2.04. The number of aromatic amines is 1. The fraction of sp³-hybridized carbons (Fsp3) is 0.0909. The molecular weight excluding hydrogens is 206 g/mol. The second-order valence-electron chi connectivity index (χ2n) is 3.20. The van der Waals surface area contributed by atoms with E-state index in [1.165, 1.54) is 12.4 Å². The van der Waals surface area contributed by atoms with Crippen LogP contribution in [0.3, 0.4) is 0 Å². The third kappa shape index (κ3) is 2.46. The molecule has 1 heterocycles. The van der Waals surface area contributed by atoms with Gasteiger partial charge in [-0.15, -0.1) is 0 Å². The van der Waals surface area contributed by atoms with E-state index in [-0.39, 0.29) is 11.4 Å². The first-order valence-corrected chi connectivity index (χ1v) is 4.79. The predicted molar refractivity (Wildman–Crippen MR) is 59.3 cm³/mol. The molecular formula is C11H11N3O2. The highest BCUT2D eigenvalue weighted by molar-refractivity contribution is 5.31. The number of nitrogens with zero attached hydrogens (tertiary/aromatic N) is 1. The van der Waals surface area contributed by atoms with Crippen molar-refractivity contribution in [1.29, 1.82) is 0 Å². The van der Waals surface area contributed by atoms with Gasteiger partial charge in [0.25, 0.3) is 5.56 Å². The highest BCUT2D eigenvalue weighted by Gasteiger charge is 1.99. The molecule has 0 aliphatic heterocycles. The minimum Gasteiger partial charge on any atom is -0.439 e. The summed E-state index contributed by atoms with van der Waals surface area (Å²) in [5, 5.41) is 0. The van der Waals surface area contributed by atoms with Crippen molar-refractivity contribution in [2.75, 3.05) is 0 Å². The van der Waals surface area contributed by atoms with Gasteiger partial charge in [-0.1, -0.05) is 12.1 Å². The topological polar surface area (TPSA) is 81.0 Å². The van der Waals surface area contributed by atoms with Crippen molar-refractivity contribution in [2.45, 2.75) is 6.54 Å². The van der Waals surface area contributed by atoms with E-state index >= 15 is 0 Å². The summed E-state index contributed by atoms with van der Waals surface area (Å²) >= 11 is 0. The van der Waals surface area contributed by atoms with Crippen molar-refractivity contribution in [3.8, 4) is 11.6 Å². The number of hydrogen-bond acceptors (Lipinski definition) is 4. The van der Waals surface area contributed by atoms with Gasteiger partial charge in [-0.2, -0.15) is 0 Å². The first-order chi connectivity index (χ1) is 7.78. The van der Waals surface area contributed by atoms with Gasteiger partial charge < -0.3 is 15.5 Å². The SMILES string of the molecule is NCc1cccc(Oc2cc(=O)[nH]cn2)c1. The molecule has 1 aromatic heterocycles. The Bertz CT molecular complexity index is 537. The summed E-state index contributed by atoms with van der Waals surface area (Å²) in [7, 11) is 0. The molecule has 2 aromatic rings. The van der Waals surface area contributed by atoms with Crippen molar-refractivity contribution in [2.24, 2.45) is 5.73 Å². The molecule has 5 heteroatoms. The van der Waals surface area contributed by atoms with Gasteiger partial charge in [-0.05, 0) is 17.7 Å². The van der Waals surface area contributed by atoms with Crippen LogP contribution in [-0.4, -0.2) is 9.97 Å². The van der Waals surface area contributed by atoms with E-state index < -0.39 is 0 Å². The first kappa shape index (κ1) is 10.4. The minimum absolute atomic E-state index is 0.250. The number of rotatable bonds is 3. The molecule has 0 atom stereocenters. The zero-order valence-corrected chi connectivity index (χ0v) is 8.51. The molecule has 3 N–H and O–H groups in total. The lowest BCUT2D eigenvalue weighted by Crippen LogP contribution is -2.04. The monoisotopic (exact) mass is 217 g/mol. The fourth-order valence-electron chi connectivity index (χ4n) is 1.26. The van der Waals surface area contributed by atoms with E-state index in [2.05, 4.69) is 9.97 Å². The maximum atomic E-state index is 11.0. The quantitative estimate of drug-likeness (QED) is 0.804. The number of ether oxygens (including phenoxy) is 1. The second-order valence-corrected chi connectivity index (χ2v) is 3.20. The number of nitrogens with two attached hydrogens (primary N) is 1. The van der Waals surface area contributed by atoms with Crippen LogP contribution in [0.5, 0.6) is 11.6 Å². The van der Waals surface area contributed by atoms with Crippen LogP contribution in [0.25, 0.3) is 0 Å². The zero-order chi connectivity index (χ0) is 11.4. The Kier molecular flexibility index (Phi) is 2.98. The number of hydrogen-bond donors (Lipinski definition) is 2. The van der Waals surface area contributed by atoms with E-state index in [0.717, 1.165) is 5.56 Å². The maximum Gasteiger partial charge on any atom is 0.254 e. The molecule has 82 valence electrons. The van der Waals surface area contributed by atoms with Crippen LogP contribution >= 0.6 is 0 Å². The summed E-state index contributed by atoms with van der Waals surface area (Å²) < 4.78 is 5.42. The van der Waals surface area contributed by atoms with Crippen LogP contribution in [0.2, 0.25) is 0 Å². The number of benzene rings is 1. The Morgan fingerprint density at radius 1 is 1.38 bits per heavy atom. The van der Waals surface area contributed by atoms with Crippen LogP contribution in [-0.2, 0) is 6.54 Å². The highest BCUT2D eigenvalue weighted by atomic mass is 16.5. The van der Waals surface area contributed by atoms with Crippen LogP contribution in [0.4, 0.5) is 0 Å². The summed E-state index contributed by atoms with van der Waals surface area (Å²) in [6, 6.07) is 8.61. The summed E-state index contributed by atoms with van der Waals surface area (Å²) in [6.45, 7) is 0.444. The Hall–Kier alpha value is -2.14.